The van der Waals surface area contributed by atoms with E-state index in [0.29, 0.717) is 0 Å². The lowest BCUT2D eigenvalue weighted by molar-refractivity contribution is 0.590. The average Bonchev–Trinajstić information content (AvgIpc) is 3.87. The lowest BCUT2D eigenvalue weighted by Gasteiger charge is -2.37. The summed E-state index contributed by atoms with van der Waals surface area (Å²) in [7, 11) is 0. The number of hydrogen-bond acceptors (Lipinski definition) is 3. The van der Waals surface area contributed by atoms with E-state index in [0.717, 1.165) is 21.9 Å². The summed E-state index contributed by atoms with van der Waals surface area (Å²) in [5.41, 5.74) is 18.6. The van der Waals surface area contributed by atoms with Crippen LogP contribution in [0.15, 0.2) is 150 Å². The van der Waals surface area contributed by atoms with Gasteiger partial charge in [0.05, 0.1) is 5.69 Å². The molecule has 7 aromatic carbocycles. The van der Waals surface area contributed by atoms with Crippen molar-refractivity contribution in [2.45, 2.75) is 52.4 Å². The molecule has 0 aliphatic carbocycles. The first kappa shape index (κ1) is 33.5. The van der Waals surface area contributed by atoms with Crippen molar-refractivity contribution in [1.82, 2.24) is 0 Å². The van der Waals surface area contributed by atoms with Crippen LogP contribution in [0.1, 0.15) is 52.7 Å². The van der Waals surface area contributed by atoms with Gasteiger partial charge in [-0.2, -0.15) is 0 Å². The molecule has 0 atom stereocenters. The van der Waals surface area contributed by atoms with E-state index in [-0.39, 0.29) is 17.5 Å². The number of nitrogens with zero attached hydrogens (tertiary/aromatic N) is 1. The molecule has 56 heavy (non-hydrogen) atoms. The molecule has 0 radical (unpaired) electrons. The Kier molecular flexibility index (Phi) is 7.08. The number of para-hydroxylation sites is 2. The summed E-state index contributed by atoms with van der Waals surface area (Å²) in [6.07, 6.45) is 0. The molecule has 0 spiro atoms. The number of thiophene rings is 1. The first-order valence-electron chi connectivity index (χ1n) is 19.8. The Morgan fingerprint density at radius 1 is 0.518 bits per heavy atom. The van der Waals surface area contributed by atoms with Crippen LogP contribution in [0, 0.1) is 0 Å². The molecular weight excluding hydrogens is 697 g/mol. The van der Waals surface area contributed by atoms with Gasteiger partial charge in [0.2, 0.25) is 0 Å². The van der Waals surface area contributed by atoms with Crippen LogP contribution in [0.5, 0.6) is 0 Å². The third-order valence-electron chi connectivity index (χ3n) is 12.2. The molecule has 2 nitrogen and oxygen atoms in total. The second kappa shape index (κ2) is 11.8. The summed E-state index contributed by atoms with van der Waals surface area (Å²) in [5, 5.41) is 3.67. The molecule has 2 aromatic heterocycles. The number of anilines is 3. The van der Waals surface area contributed by atoms with Crippen molar-refractivity contribution in [3.05, 3.63) is 157 Å². The van der Waals surface area contributed by atoms with Gasteiger partial charge in [0.15, 0.2) is 0 Å². The van der Waals surface area contributed by atoms with Crippen molar-refractivity contribution in [2.75, 3.05) is 4.90 Å². The highest BCUT2D eigenvalue weighted by Gasteiger charge is 2.45. The van der Waals surface area contributed by atoms with Crippen LogP contribution in [0.4, 0.5) is 17.1 Å². The van der Waals surface area contributed by atoms with Crippen LogP contribution >= 0.6 is 11.3 Å². The fourth-order valence-corrected chi connectivity index (χ4v) is 10.7. The van der Waals surface area contributed by atoms with Gasteiger partial charge in [-0.3, -0.25) is 0 Å². The fourth-order valence-electron chi connectivity index (χ4n) is 9.37. The molecule has 9 aromatic rings. The molecular formula is C52H42BNOS. The second-order valence-electron chi connectivity index (χ2n) is 17.7. The van der Waals surface area contributed by atoms with E-state index in [9.17, 15) is 0 Å². The zero-order chi connectivity index (χ0) is 38.1. The molecule has 0 bridgehead atoms. The number of furan rings is 1. The lowest BCUT2D eigenvalue weighted by Crippen LogP contribution is -2.54. The van der Waals surface area contributed by atoms with Crippen molar-refractivity contribution in [3.8, 4) is 33.4 Å². The highest BCUT2D eigenvalue weighted by Crippen LogP contribution is 2.50. The maximum Gasteiger partial charge on any atom is 0.260 e. The summed E-state index contributed by atoms with van der Waals surface area (Å²) < 4.78 is 9.27. The van der Waals surface area contributed by atoms with Gasteiger partial charge in [0, 0.05) is 37.8 Å². The van der Waals surface area contributed by atoms with Crippen LogP contribution in [-0.4, -0.2) is 6.71 Å². The highest BCUT2D eigenvalue weighted by molar-refractivity contribution is 7.34. The zero-order valence-electron chi connectivity index (χ0n) is 32.7. The predicted octanol–water partition coefficient (Wildman–Crippen LogP) is 13.0. The number of benzene rings is 7. The maximum atomic E-state index is 6.47. The van der Waals surface area contributed by atoms with E-state index < -0.39 is 0 Å². The van der Waals surface area contributed by atoms with Crippen molar-refractivity contribution in [2.24, 2.45) is 0 Å². The van der Waals surface area contributed by atoms with E-state index >= 15 is 0 Å². The summed E-state index contributed by atoms with van der Waals surface area (Å²) in [6.45, 7) is 14.0. The monoisotopic (exact) mass is 739 g/mol. The van der Waals surface area contributed by atoms with Crippen molar-refractivity contribution in [3.63, 3.8) is 0 Å². The molecule has 0 N–H and O–H groups in total. The number of fused-ring (bicyclic) bond motifs is 10. The average molecular weight is 740 g/mol. The first-order chi connectivity index (χ1) is 27.0. The van der Waals surface area contributed by atoms with Crippen molar-refractivity contribution < 1.29 is 4.42 Å². The van der Waals surface area contributed by atoms with Crippen LogP contribution in [0.25, 0.3) is 65.4 Å². The Bertz CT molecular complexity index is 3060. The van der Waals surface area contributed by atoms with Crippen LogP contribution in [-0.2, 0) is 10.8 Å². The molecule has 270 valence electrons. The van der Waals surface area contributed by atoms with E-state index in [1.807, 2.05) is 11.3 Å². The van der Waals surface area contributed by atoms with Crippen LogP contribution in [0.2, 0.25) is 0 Å². The molecule has 4 heterocycles. The van der Waals surface area contributed by atoms with E-state index in [4.69, 9.17) is 4.42 Å². The van der Waals surface area contributed by atoms with Gasteiger partial charge in [-0.05, 0) is 120 Å². The van der Waals surface area contributed by atoms with Gasteiger partial charge >= 0.3 is 0 Å². The van der Waals surface area contributed by atoms with Gasteiger partial charge in [-0.1, -0.05) is 133 Å². The Labute approximate surface area is 333 Å². The third kappa shape index (κ3) is 4.88. The molecule has 11 rings (SSSR count). The van der Waals surface area contributed by atoms with E-state index in [2.05, 4.69) is 192 Å². The van der Waals surface area contributed by atoms with E-state index in [1.165, 1.54) is 87.4 Å². The Balaban J connectivity index is 1.27. The van der Waals surface area contributed by atoms with Gasteiger partial charge in [-0.25, -0.2) is 0 Å². The summed E-state index contributed by atoms with van der Waals surface area (Å²) in [5.74, 6) is 0. The molecule has 0 saturated carbocycles. The molecule has 0 unspecified atom stereocenters. The van der Waals surface area contributed by atoms with Crippen molar-refractivity contribution >= 4 is 82.8 Å². The van der Waals surface area contributed by atoms with Gasteiger partial charge in [0.1, 0.15) is 11.2 Å². The maximum absolute atomic E-state index is 6.47. The summed E-state index contributed by atoms with van der Waals surface area (Å²) in [6, 6.07) is 54.4. The summed E-state index contributed by atoms with van der Waals surface area (Å²) in [4.78, 5) is 2.58. The minimum atomic E-state index is 0.00141. The number of rotatable bonds is 3. The van der Waals surface area contributed by atoms with Crippen LogP contribution in [0.3, 0.4) is 0 Å². The standard InChI is InChI=1S/C52H42BNOS/c1-51(2,3)33-23-25-41(37(29-33)31-15-8-7-9-16-31)54-42-20-12-11-19-40(42)53-49-39(48-38-30-34(52(4,5)6)24-26-46(38)56-50(48)53)27-32(28-43(49)54)35-18-14-22-45-47(35)36-17-10-13-21-44(36)55-45/h7-30H,1-6H3. The van der Waals surface area contributed by atoms with Gasteiger partial charge in [-0.15, -0.1) is 11.3 Å². The molecule has 0 saturated heterocycles. The third-order valence-corrected chi connectivity index (χ3v) is 13.4. The quantitative estimate of drug-likeness (QED) is 0.168. The molecule has 4 heteroatoms. The lowest BCUT2D eigenvalue weighted by atomic mass is 9.39. The topological polar surface area (TPSA) is 16.4 Å². The second-order valence-corrected chi connectivity index (χ2v) is 18.8. The van der Waals surface area contributed by atoms with Crippen LogP contribution < -0.4 is 20.6 Å². The fraction of sp³-hybridized carbons (Fsp3) is 0.154. The number of hydrogen-bond donors (Lipinski definition) is 0. The normalized spacial score (nSPS) is 13.5. The minimum absolute atomic E-state index is 0.00141. The molecule has 0 fully saturated rings. The van der Waals surface area contributed by atoms with Gasteiger partial charge < -0.3 is 9.32 Å². The smallest absolute Gasteiger partial charge is 0.260 e. The predicted molar refractivity (Wildman–Crippen MR) is 242 cm³/mol. The summed E-state index contributed by atoms with van der Waals surface area (Å²) >= 11 is 1.98. The Morgan fingerprint density at radius 2 is 1.23 bits per heavy atom. The van der Waals surface area contributed by atoms with Crippen molar-refractivity contribution in [1.29, 1.82) is 0 Å². The minimum Gasteiger partial charge on any atom is -0.456 e. The first-order valence-corrected chi connectivity index (χ1v) is 20.6. The Hall–Kier alpha value is -5.84. The SMILES string of the molecule is CC(C)(C)c1ccc(N2c3ccccc3B3c4sc5ccc(C(C)(C)C)cc5c4-c4cc(-c5cccc6oc7ccccc7c56)cc2c43)c(-c2ccccc2)c1. The van der Waals surface area contributed by atoms with E-state index in [1.54, 1.807) is 0 Å². The molecule has 0 amide bonds. The zero-order valence-corrected chi connectivity index (χ0v) is 33.5. The largest absolute Gasteiger partial charge is 0.456 e. The highest BCUT2D eigenvalue weighted by atomic mass is 32.1. The molecule has 2 aliphatic heterocycles. The van der Waals surface area contributed by atoms with Gasteiger partial charge in [0.25, 0.3) is 6.71 Å². The Morgan fingerprint density at radius 3 is 2.05 bits per heavy atom. The molecule has 2 aliphatic rings.